The third kappa shape index (κ3) is 6.19. The first-order valence-electron chi connectivity index (χ1n) is 10.3. The third-order valence-corrected chi connectivity index (χ3v) is 7.58. The number of rotatable bonds is 6. The second-order valence-corrected chi connectivity index (χ2v) is 9.72. The fourth-order valence-electron chi connectivity index (χ4n) is 3.73. The highest BCUT2D eigenvalue weighted by molar-refractivity contribution is 9.10. The molecule has 1 aliphatic rings. The first kappa shape index (κ1) is 22.1. The van der Waals surface area contributed by atoms with Gasteiger partial charge in [0.05, 0.1) is 11.5 Å². The van der Waals surface area contributed by atoms with Gasteiger partial charge >= 0.3 is 0 Å². The van der Waals surface area contributed by atoms with Crippen molar-refractivity contribution < 1.29 is 4.79 Å². The molecule has 1 N–H and O–H groups in total. The molecule has 0 aromatic heterocycles. The Bertz CT molecular complexity index is 886. The number of amides is 1. The van der Waals surface area contributed by atoms with Gasteiger partial charge in [-0.15, -0.1) is 11.8 Å². The molecule has 0 unspecified atom stereocenters. The summed E-state index contributed by atoms with van der Waals surface area (Å²) in [5.41, 5.74) is 8.34. The van der Waals surface area contributed by atoms with Crippen molar-refractivity contribution in [3.8, 4) is 0 Å². The van der Waals surface area contributed by atoms with Crippen LogP contribution in [0.25, 0.3) is 0 Å². The lowest BCUT2D eigenvalue weighted by Crippen LogP contribution is -2.21. The molecule has 3 nitrogen and oxygen atoms in total. The molecule has 0 atom stereocenters. The second-order valence-electron chi connectivity index (χ2n) is 7.84. The van der Waals surface area contributed by atoms with Crippen LogP contribution in [0.5, 0.6) is 0 Å². The molecule has 154 valence electrons. The van der Waals surface area contributed by atoms with E-state index in [9.17, 15) is 4.79 Å². The maximum atomic E-state index is 12.2. The summed E-state index contributed by atoms with van der Waals surface area (Å²) in [5, 5.41) is 4.30. The van der Waals surface area contributed by atoms with Gasteiger partial charge in [-0.3, -0.25) is 4.79 Å². The van der Waals surface area contributed by atoms with E-state index in [1.165, 1.54) is 43.2 Å². The molecule has 1 aliphatic carbocycles. The molecule has 1 saturated carbocycles. The van der Waals surface area contributed by atoms with E-state index >= 15 is 0 Å². The third-order valence-electron chi connectivity index (χ3n) is 5.57. The molecular weight excluding hydrogens is 444 g/mol. The molecule has 0 bridgehead atoms. The van der Waals surface area contributed by atoms with E-state index in [0.29, 0.717) is 11.7 Å². The summed E-state index contributed by atoms with van der Waals surface area (Å²) in [4.78, 5) is 13.4. The van der Waals surface area contributed by atoms with Crippen molar-refractivity contribution in [1.29, 1.82) is 0 Å². The monoisotopic (exact) mass is 472 g/mol. The first-order valence-corrected chi connectivity index (χ1v) is 12.0. The van der Waals surface area contributed by atoms with E-state index in [-0.39, 0.29) is 5.91 Å². The summed E-state index contributed by atoms with van der Waals surface area (Å²) in [6, 6.07) is 12.9. The summed E-state index contributed by atoms with van der Waals surface area (Å²) in [7, 11) is 0. The predicted molar refractivity (Wildman–Crippen MR) is 127 cm³/mol. The number of hydrogen-bond donors (Lipinski definition) is 1. The summed E-state index contributed by atoms with van der Waals surface area (Å²) >= 11 is 5.08. The Morgan fingerprint density at radius 1 is 1.10 bits per heavy atom. The SMILES string of the molecule is CC(=NNC(=O)CSc1cc(C)c(Br)cc1C)c1ccc(C2CCCCC2)cc1. The van der Waals surface area contributed by atoms with Gasteiger partial charge < -0.3 is 0 Å². The van der Waals surface area contributed by atoms with Crippen molar-refractivity contribution >= 4 is 39.3 Å². The number of halogens is 1. The van der Waals surface area contributed by atoms with Crippen LogP contribution in [0.3, 0.4) is 0 Å². The molecule has 5 heteroatoms. The number of carbonyl (C=O) groups is 1. The largest absolute Gasteiger partial charge is 0.272 e. The Balaban J connectivity index is 1.53. The van der Waals surface area contributed by atoms with Gasteiger partial charge in [-0.05, 0) is 73.9 Å². The Kier molecular flexibility index (Phi) is 7.96. The molecule has 0 spiro atoms. The molecule has 1 fully saturated rings. The highest BCUT2D eigenvalue weighted by Gasteiger charge is 2.15. The Labute approximate surface area is 186 Å². The number of thioether (sulfide) groups is 1. The van der Waals surface area contributed by atoms with E-state index < -0.39 is 0 Å². The smallest absolute Gasteiger partial charge is 0.250 e. The highest BCUT2D eigenvalue weighted by atomic mass is 79.9. The van der Waals surface area contributed by atoms with Gasteiger partial charge in [-0.25, -0.2) is 5.43 Å². The van der Waals surface area contributed by atoms with Gasteiger partial charge in [0.1, 0.15) is 0 Å². The Morgan fingerprint density at radius 2 is 1.79 bits per heavy atom. The average Bonchev–Trinajstić information content (AvgIpc) is 2.74. The van der Waals surface area contributed by atoms with E-state index in [1.807, 2.05) is 6.92 Å². The number of carbonyl (C=O) groups excluding carboxylic acids is 1. The molecule has 2 aromatic rings. The minimum Gasteiger partial charge on any atom is -0.272 e. The highest BCUT2D eigenvalue weighted by Crippen LogP contribution is 2.32. The van der Waals surface area contributed by atoms with Crippen LogP contribution in [-0.4, -0.2) is 17.4 Å². The van der Waals surface area contributed by atoms with Crippen LogP contribution in [-0.2, 0) is 4.79 Å². The van der Waals surface area contributed by atoms with Crippen molar-refractivity contribution in [3.05, 3.63) is 63.1 Å². The fourth-order valence-corrected chi connectivity index (χ4v) is 5.08. The molecule has 3 rings (SSSR count). The van der Waals surface area contributed by atoms with Crippen LogP contribution in [0.2, 0.25) is 0 Å². The molecule has 1 amide bonds. The van der Waals surface area contributed by atoms with Crippen molar-refractivity contribution in [2.24, 2.45) is 5.10 Å². The Morgan fingerprint density at radius 3 is 2.48 bits per heavy atom. The molecule has 0 heterocycles. The summed E-state index contributed by atoms with van der Waals surface area (Å²) in [6.45, 7) is 6.05. The van der Waals surface area contributed by atoms with Gasteiger partial charge in [0.2, 0.25) is 5.91 Å². The van der Waals surface area contributed by atoms with Crippen LogP contribution in [0.4, 0.5) is 0 Å². The summed E-state index contributed by atoms with van der Waals surface area (Å²) in [5.74, 6) is 0.963. The van der Waals surface area contributed by atoms with E-state index in [4.69, 9.17) is 0 Å². The molecule has 0 aliphatic heterocycles. The average molecular weight is 473 g/mol. The zero-order valence-electron chi connectivity index (χ0n) is 17.4. The van der Waals surface area contributed by atoms with Crippen LogP contribution >= 0.6 is 27.7 Å². The zero-order valence-corrected chi connectivity index (χ0v) is 19.8. The van der Waals surface area contributed by atoms with Gasteiger partial charge in [0, 0.05) is 9.37 Å². The summed E-state index contributed by atoms with van der Waals surface area (Å²) in [6.07, 6.45) is 6.67. The van der Waals surface area contributed by atoms with Gasteiger partial charge in [0.15, 0.2) is 0 Å². The van der Waals surface area contributed by atoms with Crippen molar-refractivity contribution in [3.63, 3.8) is 0 Å². The lowest BCUT2D eigenvalue weighted by atomic mass is 9.84. The van der Waals surface area contributed by atoms with Gasteiger partial charge in [-0.1, -0.05) is 59.5 Å². The standard InChI is InChI=1S/C24H29BrN2OS/c1-16-14-23(17(2)13-22(16)25)29-15-24(28)27-26-18(3)19-9-11-21(12-10-19)20-7-5-4-6-8-20/h9-14,20H,4-8,15H2,1-3H3,(H,27,28). The minimum absolute atomic E-state index is 0.0897. The van der Waals surface area contributed by atoms with Crippen LogP contribution in [0.1, 0.15) is 67.2 Å². The molecular formula is C24H29BrN2OS. The normalized spacial score (nSPS) is 15.4. The lowest BCUT2D eigenvalue weighted by molar-refractivity contribution is -0.118. The Hall–Kier alpha value is -1.59. The van der Waals surface area contributed by atoms with E-state index in [1.54, 1.807) is 11.8 Å². The number of hydrazone groups is 1. The van der Waals surface area contributed by atoms with Crippen molar-refractivity contribution in [1.82, 2.24) is 5.43 Å². The molecule has 0 radical (unpaired) electrons. The zero-order chi connectivity index (χ0) is 20.8. The molecule has 29 heavy (non-hydrogen) atoms. The molecule has 2 aromatic carbocycles. The number of hydrogen-bond acceptors (Lipinski definition) is 3. The second kappa shape index (κ2) is 10.4. The topological polar surface area (TPSA) is 41.5 Å². The van der Waals surface area contributed by atoms with Crippen LogP contribution in [0.15, 0.2) is 50.9 Å². The van der Waals surface area contributed by atoms with Crippen molar-refractivity contribution in [2.75, 3.05) is 5.75 Å². The number of aryl methyl sites for hydroxylation is 2. The van der Waals surface area contributed by atoms with Gasteiger partial charge in [0.25, 0.3) is 0 Å². The molecule has 0 saturated heterocycles. The van der Waals surface area contributed by atoms with Gasteiger partial charge in [-0.2, -0.15) is 5.10 Å². The van der Waals surface area contributed by atoms with E-state index in [0.717, 1.165) is 26.2 Å². The first-order chi connectivity index (χ1) is 13.9. The maximum absolute atomic E-state index is 12.2. The number of benzene rings is 2. The number of nitrogens with zero attached hydrogens (tertiary/aromatic N) is 1. The van der Waals surface area contributed by atoms with E-state index in [2.05, 4.69) is 76.7 Å². The maximum Gasteiger partial charge on any atom is 0.250 e. The van der Waals surface area contributed by atoms with Crippen LogP contribution in [0, 0.1) is 13.8 Å². The predicted octanol–water partition coefficient (Wildman–Crippen LogP) is 6.75. The van der Waals surface area contributed by atoms with Crippen LogP contribution < -0.4 is 5.43 Å². The quantitative estimate of drug-likeness (QED) is 0.287. The fraction of sp³-hybridized carbons (Fsp3) is 0.417. The van der Waals surface area contributed by atoms with Crippen molar-refractivity contribution in [2.45, 2.75) is 63.7 Å². The minimum atomic E-state index is -0.0897. The lowest BCUT2D eigenvalue weighted by Gasteiger charge is -2.22. The number of nitrogens with one attached hydrogen (secondary N) is 1. The summed E-state index contributed by atoms with van der Waals surface area (Å²) < 4.78 is 1.10.